The van der Waals surface area contributed by atoms with Gasteiger partial charge in [0.25, 0.3) is 0 Å². The summed E-state index contributed by atoms with van der Waals surface area (Å²) in [6.07, 6.45) is 0.490. The van der Waals surface area contributed by atoms with Crippen molar-refractivity contribution in [2.24, 2.45) is 0 Å². The molecule has 0 saturated heterocycles. The Balaban J connectivity index is 1.89. The Bertz CT molecular complexity index is 652. The SMILES string of the molecule is CCN(CC)[C@H](CNC(=O)CCC(=O)c1cccs1)c1ccccc1. The van der Waals surface area contributed by atoms with Crippen LogP contribution in [0.5, 0.6) is 0 Å². The van der Waals surface area contributed by atoms with Gasteiger partial charge in [-0.25, -0.2) is 0 Å². The summed E-state index contributed by atoms with van der Waals surface area (Å²) in [6.45, 7) is 6.64. The van der Waals surface area contributed by atoms with E-state index in [4.69, 9.17) is 0 Å². The van der Waals surface area contributed by atoms with Gasteiger partial charge in [0.05, 0.1) is 10.9 Å². The number of rotatable bonds is 10. The number of likely N-dealkylation sites (N-methyl/N-ethyl adjacent to an activating group) is 1. The molecule has 134 valence electrons. The van der Waals surface area contributed by atoms with Gasteiger partial charge in [0.1, 0.15) is 0 Å². The maximum atomic E-state index is 12.2. The molecule has 0 aliphatic heterocycles. The Labute approximate surface area is 153 Å². The molecule has 2 rings (SSSR count). The Morgan fingerprint density at radius 3 is 2.36 bits per heavy atom. The summed E-state index contributed by atoms with van der Waals surface area (Å²) < 4.78 is 0. The first-order valence-corrected chi connectivity index (χ1v) is 9.66. The van der Waals surface area contributed by atoms with E-state index in [2.05, 4.69) is 36.2 Å². The summed E-state index contributed by atoms with van der Waals surface area (Å²) in [6, 6.07) is 14.0. The van der Waals surface area contributed by atoms with Gasteiger partial charge in [-0.05, 0) is 30.1 Å². The highest BCUT2D eigenvalue weighted by molar-refractivity contribution is 7.12. The summed E-state index contributed by atoms with van der Waals surface area (Å²) in [7, 11) is 0. The van der Waals surface area contributed by atoms with Crippen molar-refractivity contribution in [1.82, 2.24) is 10.2 Å². The van der Waals surface area contributed by atoms with Crippen LogP contribution in [-0.2, 0) is 4.79 Å². The second-order valence-corrected chi connectivity index (χ2v) is 6.80. The standard InChI is InChI=1S/C20H26N2O2S/c1-3-22(4-2)17(16-9-6-5-7-10-16)15-21-20(24)13-12-18(23)19-11-8-14-25-19/h5-11,14,17H,3-4,12-13,15H2,1-2H3,(H,21,24)/t17-/m1/s1. The highest BCUT2D eigenvalue weighted by Gasteiger charge is 2.19. The first-order valence-electron chi connectivity index (χ1n) is 8.78. The third kappa shape index (κ3) is 5.80. The monoisotopic (exact) mass is 358 g/mol. The van der Waals surface area contributed by atoms with E-state index in [9.17, 15) is 9.59 Å². The first kappa shape index (κ1) is 19.3. The maximum absolute atomic E-state index is 12.2. The van der Waals surface area contributed by atoms with Crippen LogP contribution < -0.4 is 5.32 Å². The minimum Gasteiger partial charge on any atom is -0.354 e. The zero-order valence-corrected chi connectivity index (χ0v) is 15.7. The first-order chi connectivity index (χ1) is 12.2. The molecule has 1 N–H and O–H groups in total. The average molecular weight is 359 g/mol. The van der Waals surface area contributed by atoms with Crippen molar-refractivity contribution < 1.29 is 9.59 Å². The second kappa shape index (κ2) is 10.1. The fourth-order valence-electron chi connectivity index (χ4n) is 2.88. The molecule has 0 saturated carbocycles. The van der Waals surface area contributed by atoms with Gasteiger partial charge in [-0.1, -0.05) is 50.2 Å². The number of benzene rings is 1. The smallest absolute Gasteiger partial charge is 0.220 e. The number of amides is 1. The van der Waals surface area contributed by atoms with Crippen molar-refractivity contribution in [3.8, 4) is 0 Å². The highest BCUT2D eigenvalue weighted by Crippen LogP contribution is 2.19. The van der Waals surface area contributed by atoms with Crippen LogP contribution in [0.4, 0.5) is 0 Å². The predicted molar refractivity (Wildman–Crippen MR) is 103 cm³/mol. The lowest BCUT2D eigenvalue weighted by atomic mass is 10.0. The van der Waals surface area contributed by atoms with E-state index in [1.165, 1.54) is 16.9 Å². The lowest BCUT2D eigenvalue weighted by molar-refractivity contribution is -0.121. The third-order valence-corrected chi connectivity index (χ3v) is 5.22. The summed E-state index contributed by atoms with van der Waals surface area (Å²) in [4.78, 5) is 27.2. The minimum atomic E-state index is -0.0713. The molecule has 0 aliphatic rings. The molecule has 0 bridgehead atoms. The predicted octanol–water partition coefficient (Wildman–Crippen LogP) is 3.91. The van der Waals surface area contributed by atoms with Crippen molar-refractivity contribution >= 4 is 23.0 Å². The van der Waals surface area contributed by atoms with Crippen LogP contribution in [0.1, 0.15) is 48.0 Å². The molecule has 2 aromatic rings. The van der Waals surface area contributed by atoms with Crippen LogP contribution in [-0.4, -0.2) is 36.2 Å². The van der Waals surface area contributed by atoms with E-state index in [1.807, 2.05) is 29.6 Å². The number of hydrogen-bond donors (Lipinski definition) is 1. The summed E-state index contributed by atoms with van der Waals surface area (Å²) in [5, 5.41) is 4.88. The Hall–Kier alpha value is -1.98. The van der Waals surface area contributed by atoms with E-state index in [1.54, 1.807) is 6.07 Å². The topological polar surface area (TPSA) is 49.4 Å². The molecule has 0 spiro atoms. The minimum absolute atomic E-state index is 0.0357. The lowest BCUT2D eigenvalue weighted by Crippen LogP contribution is -2.38. The van der Waals surface area contributed by atoms with Crippen LogP contribution in [0.2, 0.25) is 0 Å². The molecule has 0 radical (unpaired) electrons. The quantitative estimate of drug-likeness (QED) is 0.655. The van der Waals surface area contributed by atoms with E-state index in [0.29, 0.717) is 6.54 Å². The number of carbonyl (C=O) groups is 2. The van der Waals surface area contributed by atoms with E-state index in [-0.39, 0.29) is 30.6 Å². The molecule has 1 heterocycles. The van der Waals surface area contributed by atoms with Crippen LogP contribution in [0.25, 0.3) is 0 Å². The average Bonchev–Trinajstić information content (AvgIpc) is 3.18. The van der Waals surface area contributed by atoms with Gasteiger partial charge in [-0.3, -0.25) is 14.5 Å². The number of ketones is 1. The normalized spacial score (nSPS) is 12.1. The van der Waals surface area contributed by atoms with Crippen molar-refractivity contribution in [1.29, 1.82) is 0 Å². The van der Waals surface area contributed by atoms with Crippen LogP contribution >= 0.6 is 11.3 Å². The van der Waals surface area contributed by atoms with Gasteiger partial charge in [-0.2, -0.15) is 0 Å². The Kier molecular flexibility index (Phi) is 7.82. The molecule has 25 heavy (non-hydrogen) atoms. The molecule has 4 nitrogen and oxygen atoms in total. The van der Waals surface area contributed by atoms with Gasteiger partial charge in [0.2, 0.25) is 5.91 Å². The Morgan fingerprint density at radius 2 is 1.76 bits per heavy atom. The van der Waals surface area contributed by atoms with Crippen LogP contribution in [0.15, 0.2) is 47.8 Å². The van der Waals surface area contributed by atoms with Gasteiger partial charge < -0.3 is 5.32 Å². The van der Waals surface area contributed by atoms with Gasteiger partial charge in [0, 0.05) is 19.4 Å². The fourth-order valence-corrected chi connectivity index (χ4v) is 3.58. The van der Waals surface area contributed by atoms with Crippen LogP contribution in [0, 0.1) is 0 Å². The van der Waals surface area contributed by atoms with E-state index < -0.39 is 0 Å². The molecule has 0 unspecified atom stereocenters. The largest absolute Gasteiger partial charge is 0.354 e. The van der Waals surface area contributed by atoms with Crippen molar-refractivity contribution in [2.75, 3.05) is 19.6 Å². The van der Waals surface area contributed by atoms with Crippen LogP contribution in [0.3, 0.4) is 0 Å². The second-order valence-electron chi connectivity index (χ2n) is 5.85. The molecule has 0 fully saturated rings. The number of nitrogens with one attached hydrogen (secondary N) is 1. The molecule has 5 heteroatoms. The number of hydrogen-bond acceptors (Lipinski definition) is 4. The molecule has 1 aromatic heterocycles. The fraction of sp³-hybridized carbons (Fsp3) is 0.400. The van der Waals surface area contributed by atoms with Crippen molar-refractivity contribution in [2.45, 2.75) is 32.7 Å². The zero-order chi connectivity index (χ0) is 18.1. The molecular weight excluding hydrogens is 332 g/mol. The van der Waals surface area contributed by atoms with Gasteiger partial charge >= 0.3 is 0 Å². The molecular formula is C20H26N2O2S. The van der Waals surface area contributed by atoms with Gasteiger partial charge in [-0.15, -0.1) is 11.3 Å². The third-order valence-electron chi connectivity index (χ3n) is 4.31. The Morgan fingerprint density at radius 1 is 1.04 bits per heavy atom. The number of nitrogens with zero attached hydrogens (tertiary/aromatic N) is 1. The summed E-state index contributed by atoms with van der Waals surface area (Å²) in [5.74, 6) is -0.0357. The molecule has 1 amide bonds. The van der Waals surface area contributed by atoms with E-state index in [0.717, 1.165) is 18.0 Å². The highest BCUT2D eigenvalue weighted by atomic mass is 32.1. The maximum Gasteiger partial charge on any atom is 0.220 e. The summed E-state index contributed by atoms with van der Waals surface area (Å²) >= 11 is 1.42. The zero-order valence-electron chi connectivity index (χ0n) is 14.9. The molecule has 1 atom stereocenters. The van der Waals surface area contributed by atoms with Gasteiger partial charge in [0.15, 0.2) is 5.78 Å². The van der Waals surface area contributed by atoms with Crippen molar-refractivity contribution in [3.63, 3.8) is 0 Å². The molecule has 0 aliphatic carbocycles. The number of Topliss-reactive ketones (excluding diaryl/α,β-unsaturated/α-hetero) is 1. The number of thiophene rings is 1. The van der Waals surface area contributed by atoms with Crippen molar-refractivity contribution in [3.05, 3.63) is 58.3 Å². The lowest BCUT2D eigenvalue weighted by Gasteiger charge is -2.30. The summed E-state index contributed by atoms with van der Waals surface area (Å²) in [5.41, 5.74) is 1.20. The molecule has 1 aromatic carbocycles. The van der Waals surface area contributed by atoms with E-state index >= 15 is 0 Å². The number of carbonyl (C=O) groups excluding carboxylic acids is 2.